The van der Waals surface area contributed by atoms with Crippen LogP contribution in [0.2, 0.25) is 0 Å². The number of hydrogen-bond acceptors (Lipinski definition) is 2. The second kappa shape index (κ2) is 4.17. The second-order valence-corrected chi connectivity index (χ2v) is 4.87. The second-order valence-electron chi connectivity index (χ2n) is 4.87. The molecule has 1 aromatic carbocycles. The summed E-state index contributed by atoms with van der Waals surface area (Å²) in [7, 11) is 2.09. The summed E-state index contributed by atoms with van der Waals surface area (Å²) in [4.78, 5) is 8.80. The van der Waals surface area contributed by atoms with Gasteiger partial charge in [-0.1, -0.05) is 18.2 Å². The third-order valence-corrected chi connectivity index (χ3v) is 3.76. The highest BCUT2D eigenvalue weighted by atomic mass is 14.9. The van der Waals surface area contributed by atoms with E-state index in [0.717, 1.165) is 11.3 Å². The monoisotopic (exact) mass is 259 g/mol. The lowest BCUT2D eigenvalue weighted by Crippen LogP contribution is -1.88. The summed E-state index contributed by atoms with van der Waals surface area (Å²) < 4.78 is 2.21. The number of aromatic nitrogens is 3. The van der Waals surface area contributed by atoms with Gasteiger partial charge in [-0.25, -0.2) is 0 Å². The molecule has 0 spiro atoms. The first kappa shape index (κ1) is 11.2. The molecule has 20 heavy (non-hydrogen) atoms. The Bertz CT molecular complexity index is 907. The highest BCUT2D eigenvalue weighted by molar-refractivity contribution is 6.13. The van der Waals surface area contributed by atoms with Crippen LogP contribution < -0.4 is 0 Å². The van der Waals surface area contributed by atoms with Crippen molar-refractivity contribution in [3.05, 3.63) is 61.1 Å². The van der Waals surface area contributed by atoms with E-state index in [0.29, 0.717) is 0 Å². The van der Waals surface area contributed by atoms with Crippen LogP contribution in [-0.2, 0) is 7.05 Å². The smallest absolute Gasteiger partial charge is 0.0817 e. The Morgan fingerprint density at radius 2 is 1.80 bits per heavy atom. The normalized spacial score (nSPS) is 11.2. The maximum absolute atomic E-state index is 4.59. The molecule has 0 amide bonds. The standard InChI is InChI=1S/C17H13N3/c1-20-14-7-3-2-6-13(14)16-15(20)8-10-19-17(16)12-5-4-9-18-11-12/h2-11H,1H3. The molecule has 3 heterocycles. The van der Waals surface area contributed by atoms with Crippen molar-refractivity contribution in [2.24, 2.45) is 7.05 Å². The molecule has 0 aliphatic carbocycles. The van der Waals surface area contributed by atoms with Gasteiger partial charge in [0.2, 0.25) is 0 Å². The van der Waals surface area contributed by atoms with Crippen molar-refractivity contribution >= 4 is 21.8 Å². The third-order valence-electron chi connectivity index (χ3n) is 3.76. The van der Waals surface area contributed by atoms with Crippen LogP contribution in [0.25, 0.3) is 33.1 Å². The molecule has 3 nitrogen and oxygen atoms in total. The highest BCUT2D eigenvalue weighted by Gasteiger charge is 2.13. The molecule has 0 aliphatic rings. The zero-order chi connectivity index (χ0) is 13.5. The van der Waals surface area contributed by atoms with E-state index < -0.39 is 0 Å². The number of benzene rings is 1. The Labute approximate surface area is 116 Å². The molecule has 3 heteroatoms. The Morgan fingerprint density at radius 1 is 0.900 bits per heavy atom. The molecule has 0 bridgehead atoms. The van der Waals surface area contributed by atoms with Crippen LogP contribution >= 0.6 is 0 Å². The molecule has 4 rings (SSSR count). The summed E-state index contributed by atoms with van der Waals surface area (Å²) in [6.07, 6.45) is 5.51. The lowest BCUT2D eigenvalue weighted by molar-refractivity contribution is 1.01. The average Bonchev–Trinajstić information content (AvgIpc) is 2.82. The maximum atomic E-state index is 4.59. The van der Waals surface area contributed by atoms with Gasteiger partial charge >= 0.3 is 0 Å². The zero-order valence-electron chi connectivity index (χ0n) is 11.1. The van der Waals surface area contributed by atoms with Gasteiger partial charge in [0.05, 0.1) is 11.2 Å². The van der Waals surface area contributed by atoms with Crippen LogP contribution in [0.5, 0.6) is 0 Å². The minimum Gasteiger partial charge on any atom is -0.343 e. The van der Waals surface area contributed by atoms with Crippen molar-refractivity contribution in [1.82, 2.24) is 14.5 Å². The van der Waals surface area contributed by atoms with E-state index in [2.05, 4.69) is 58.0 Å². The summed E-state index contributed by atoms with van der Waals surface area (Å²) >= 11 is 0. The van der Waals surface area contributed by atoms with Crippen molar-refractivity contribution in [2.75, 3.05) is 0 Å². The number of para-hydroxylation sites is 1. The van der Waals surface area contributed by atoms with Gasteiger partial charge in [0.25, 0.3) is 0 Å². The fraction of sp³-hybridized carbons (Fsp3) is 0.0588. The lowest BCUT2D eigenvalue weighted by Gasteiger charge is -2.03. The average molecular weight is 259 g/mol. The maximum Gasteiger partial charge on any atom is 0.0817 e. The predicted octanol–water partition coefficient (Wildman–Crippen LogP) is 3.79. The number of fused-ring (bicyclic) bond motifs is 3. The summed E-state index contributed by atoms with van der Waals surface area (Å²) in [6, 6.07) is 14.5. The van der Waals surface area contributed by atoms with Gasteiger partial charge in [-0.05, 0) is 24.3 Å². The van der Waals surface area contributed by atoms with Crippen LogP contribution in [0.1, 0.15) is 0 Å². The molecule has 0 saturated heterocycles. The Morgan fingerprint density at radius 3 is 2.65 bits per heavy atom. The van der Waals surface area contributed by atoms with Gasteiger partial charge in [-0.15, -0.1) is 0 Å². The highest BCUT2D eigenvalue weighted by Crippen LogP contribution is 2.34. The fourth-order valence-corrected chi connectivity index (χ4v) is 2.83. The number of nitrogens with zero attached hydrogens (tertiary/aromatic N) is 3. The molecule has 0 N–H and O–H groups in total. The molecule has 0 atom stereocenters. The SMILES string of the molecule is Cn1c2ccccc2c2c(-c3cccnc3)nccc21. The molecule has 0 radical (unpaired) electrons. The van der Waals surface area contributed by atoms with Crippen LogP contribution in [-0.4, -0.2) is 14.5 Å². The van der Waals surface area contributed by atoms with Crippen molar-refractivity contribution in [2.45, 2.75) is 0 Å². The van der Waals surface area contributed by atoms with Crippen LogP contribution in [0, 0.1) is 0 Å². The molecular formula is C17H13N3. The first-order valence-electron chi connectivity index (χ1n) is 6.59. The van der Waals surface area contributed by atoms with Crippen molar-refractivity contribution in [1.29, 1.82) is 0 Å². The quantitative estimate of drug-likeness (QED) is 0.520. The Hall–Kier alpha value is -2.68. The van der Waals surface area contributed by atoms with E-state index >= 15 is 0 Å². The summed E-state index contributed by atoms with van der Waals surface area (Å²) in [5.41, 5.74) is 4.46. The summed E-state index contributed by atoms with van der Waals surface area (Å²) in [5, 5.41) is 2.43. The van der Waals surface area contributed by atoms with Gasteiger partial charge in [0.1, 0.15) is 0 Å². The van der Waals surface area contributed by atoms with Crippen LogP contribution in [0.3, 0.4) is 0 Å². The first-order chi connectivity index (χ1) is 9.86. The molecule has 0 unspecified atom stereocenters. The van der Waals surface area contributed by atoms with Gasteiger partial charge < -0.3 is 4.57 Å². The molecular weight excluding hydrogens is 246 g/mol. The van der Waals surface area contributed by atoms with E-state index in [1.165, 1.54) is 21.8 Å². The predicted molar refractivity (Wildman–Crippen MR) is 81.5 cm³/mol. The van der Waals surface area contributed by atoms with Crippen molar-refractivity contribution in [3.63, 3.8) is 0 Å². The largest absolute Gasteiger partial charge is 0.343 e. The molecule has 96 valence electrons. The van der Waals surface area contributed by atoms with Gasteiger partial charge in [0.15, 0.2) is 0 Å². The van der Waals surface area contributed by atoms with E-state index in [-0.39, 0.29) is 0 Å². The Kier molecular flexibility index (Phi) is 2.33. The minimum atomic E-state index is 0.993. The van der Waals surface area contributed by atoms with E-state index in [9.17, 15) is 0 Å². The lowest BCUT2D eigenvalue weighted by atomic mass is 10.1. The number of rotatable bonds is 1. The molecule has 0 saturated carbocycles. The summed E-state index contributed by atoms with van der Waals surface area (Å²) in [6.45, 7) is 0. The number of pyridine rings is 2. The van der Waals surface area contributed by atoms with Gasteiger partial charge in [-0.3, -0.25) is 9.97 Å². The number of hydrogen-bond donors (Lipinski definition) is 0. The molecule has 0 fully saturated rings. The third kappa shape index (κ3) is 1.46. The minimum absolute atomic E-state index is 0.993. The zero-order valence-corrected chi connectivity index (χ0v) is 11.1. The summed E-state index contributed by atoms with van der Waals surface area (Å²) in [5.74, 6) is 0. The van der Waals surface area contributed by atoms with Crippen LogP contribution in [0.15, 0.2) is 61.1 Å². The fourth-order valence-electron chi connectivity index (χ4n) is 2.83. The molecule has 4 aromatic rings. The first-order valence-corrected chi connectivity index (χ1v) is 6.59. The topological polar surface area (TPSA) is 30.7 Å². The van der Waals surface area contributed by atoms with Crippen molar-refractivity contribution in [3.8, 4) is 11.3 Å². The van der Waals surface area contributed by atoms with Crippen LogP contribution in [0.4, 0.5) is 0 Å². The van der Waals surface area contributed by atoms with Gasteiger partial charge in [-0.2, -0.15) is 0 Å². The van der Waals surface area contributed by atoms with E-state index in [1.54, 1.807) is 6.20 Å². The van der Waals surface area contributed by atoms with E-state index in [4.69, 9.17) is 0 Å². The number of aryl methyl sites for hydroxylation is 1. The molecule has 3 aromatic heterocycles. The van der Waals surface area contributed by atoms with Crippen molar-refractivity contribution < 1.29 is 0 Å². The van der Waals surface area contributed by atoms with E-state index in [1.807, 2.05) is 18.5 Å². The molecule has 0 aliphatic heterocycles. The Balaban J connectivity index is 2.21. The van der Waals surface area contributed by atoms with Gasteiger partial charge in [0, 0.05) is 47.5 Å².